The molecule has 19 heavy (non-hydrogen) atoms. The summed E-state index contributed by atoms with van der Waals surface area (Å²) in [6.45, 7) is 4.00. The Labute approximate surface area is 116 Å². The van der Waals surface area contributed by atoms with Gasteiger partial charge in [0, 0.05) is 0 Å². The molecule has 102 valence electrons. The lowest BCUT2D eigenvalue weighted by atomic mass is 10.2. The zero-order valence-electron chi connectivity index (χ0n) is 11.5. The highest BCUT2D eigenvalue weighted by Crippen LogP contribution is 2.17. The maximum atomic E-state index is 12.5. The van der Waals surface area contributed by atoms with E-state index in [4.69, 9.17) is 4.74 Å². The van der Waals surface area contributed by atoms with Gasteiger partial charge in [0.1, 0.15) is 11.6 Å². The summed E-state index contributed by atoms with van der Waals surface area (Å²) in [5, 5.41) is 0.613. The van der Waals surface area contributed by atoms with E-state index < -0.39 is 0 Å². The van der Waals surface area contributed by atoms with Crippen LogP contribution in [-0.4, -0.2) is 22.4 Å². The first kappa shape index (κ1) is 13.9. The third-order valence-electron chi connectivity index (χ3n) is 2.92. The minimum Gasteiger partial charge on any atom is -0.497 e. The van der Waals surface area contributed by atoms with E-state index in [1.54, 1.807) is 29.5 Å². The van der Waals surface area contributed by atoms with Crippen LogP contribution in [0, 0.1) is 6.92 Å². The first-order chi connectivity index (χ1) is 9.17. The van der Waals surface area contributed by atoms with Crippen LogP contribution in [0.2, 0.25) is 0 Å². The normalized spacial score (nSPS) is 10.9. The van der Waals surface area contributed by atoms with Crippen molar-refractivity contribution < 1.29 is 4.74 Å². The number of thioether (sulfide) groups is 1. The van der Waals surface area contributed by atoms with Gasteiger partial charge in [-0.05, 0) is 37.3 Å². The van der Waals surface area contributed by atoms with E-state index in [-0.39, 0.29) is 5.56 Å². The van der Waals surface area contributed by atoms with Crippen molar-refractivity contribution >= 4 is 22.7 Å². The molecular weight excluding hydrogens is 260 g/mol. The molecule has 2 aromatic rings. The maximum absolute atomic E-state index is 12.5. The van der Waals surface area contributed by atoms with E-state index in [0.29, 0.717) is 17.0 Å². The highest BCUT2D eigenvalue weighted by molar-refractivity contribution is 7.98. The van der Waals surface area contributed by atoms with E-state index in [9.17, 15) is 4.79 Å². The molecular formula is C14H18N2O2S. The monoisotopic (exact) mass is 278 g/mol. The topological polar surface area (TPSA) is 44.1 Å². The van der Waals surface area contributed by atoms with Gasteiger partial charge in [0.2, 0.25) is 0 Å². The molecule has 4 nitrogen and oxygen atoms in total. The molecule has 0 fully saturated rings. The van der Waals surface area contributed by atoms with Crippen LogP contribution in [0.3, 0.4) is 0 Å². The van der Waals surface area contributed by atoms with Crippen molar-refractivity contribution in [2.75, 3.05) is 12.9 Å². The Morgan fingerprint density at radius 3 is 2.89 bits per heavy atom. The lowest BCUT2D eigenvalue weighted by Crippen LogP contribution is -2.23. The number of methoxy groups -OCH3 is 1. The Balaban J connectivity index is 2.49. The second-order valence-corrected chi connectivity index (χ2v) is 5.39. The molecule has 1 aromatic carbocycles. The number of benzene rings is 1. The first-order valence-corrected chi connectivity index (χ1v) is 7.45. The number of nitrogens with zero attached hydrogens (tertiary/aromatic N) is 2. The molecule has 0 saturated heterocycles. The number of ether oxygens (including phenoxy) is 1. The Kier molecular flexibility index (Phi) is 4.47. The van der Waals surface area contributed by atoms with Crippen molar-refractivity contribution in [2.45, 2.75) is 26.1 Å². The summed E-state index contributed by atoms with van der Waals surface area (Å²) in [6, 6.07) is 5.40. The molecule has 0 atom stereocenters. The Hall–Kier alpha value is -1.49. The summed E-state index contributed by atoms with van der Waals surface area (Å²) in [5.74, 6) is 3.13. The Morgan fingerprint density at radius 1 is 1.42 bits per heavy atom. The summed E-state index contributed by atoms with van der Waals surface area (Å²) in [7, 11) is 1.60. The van der Waals surface area contributed by atoms with Crippen LogP contribution in [0.4, 0.5) is 0 Å². The Morgan fingerprint density at radius 2 is 2.21 bits per heavy atom. The molecule has 0 spiro atoms. The van der Waals surface area contributed by atoms with Gasteiger partial charge in [-0.2, -0.15) is 0 Å². The van der Waals surface area contributed by atoms with Crippen LogP contribution in [0.15, 0.2) is 23.0 Å². The quantitative estimate of drug-likeness (QED) is 0.789. The van der Waals surface area contributed by atoms with Crippen LogP contribution in [0.5, 0.6) is 5.75 Å². The summed E-state index contributed by atoms with van der Waals surface area (Å²) < 4.78 is 6.89. The van der Waals surface area contributed by atoms with Crippen LogP contribution in [0.1, 0.15) is 19.2 Å². The lowest BCUT2D eigenvalue weighted by molar-refractivity contribution is 0.415. The van der Waals surface area contributed by atoms with Gasteiger partial charge in [-0.15, -0.1) is 11.8 Å². The number of hydrogen-bond acceptors (Lipinski definition) is 4. The summed E-state index contributed by atoms with van der Waals surface area (Å²) in [4.78, 5) is 17.0. The van der Waals surface area contributed by atoms with Crippen LogP contribution in [-0.2, 0) is 5.88 Å². The van der Waals surface area contributed by atoms with Gasteiger partial charge in [0.05, 0.1) is 23.9 Å². The number of fused-ring (bicyclic) bond motifs is 1. The van der Waals surface area contributed by atoms with Crippen molar-refractivity contribution in [1.82, 2.24) is 9.55 Å². The molecule has 0 amide bonds. The molecule has 0 bridgehead atoms. The van der Waals surface area contributed by atoms with E-state index in [1.165, 1.54) is 0 Å². The maximum Gasteiger partial charge on any atom is 0.262 e. The smallest absolute Gasteiger partial charge is 0.262 e. The van der Waals surface area contributed by atoms with Crippen LogP contribution < -0.4 is 10.3 Å². The summed E-state index contributed by atoms with van der Waals surface area (Å²) in [5.41, 5.74) is 0.727. The number of rotatable bonds is 5. The van der Waals surface area contributed by atoms with Crippen molar-refractivity contribution in [3.63, 3.8) is 0 Å². The van der Waals surface area contributed by atoms with E-state index in [1.807, 2.05) is 19.1 Å². The zero-order valence-corrected chi connectivity index (χ0v) is 12.3. The van der Waals surface area contributed by atoms with Gasteiger partial charge in [-0.1, -0.05) is 6.92 Å². The standard InChI is InChI=1S/C14H18N2O2S/c1-4-7-19-9-16-10(2)15-13-6-5-11(18-3)8-12(13)14(16)17/h5-6,8H,4,7,9H2,1-3H3. The fourth-order valence-electron chi connectivity index (χ4n) is 1.89. The van der Waals surface area contributed by atoms with Crippen molar-refractivity contribution in [1.29, 1.82) is 0 Å². The summed E-state index contributed by atoms with van der Waals surface area (Å²) >= 11 is 1.74. The van der Waals surface area contributed by atoms with E-state index >= 15 is 0 Å². The van der Waals surface area contributed by atoms with Gasteiger partial charge in [0.15, 0.2) is 0 Å². The highest BCUT2D eigenvalue weighted by atomic mass is 32.2. The number of hydrogen-bond donors (Lipinski definition) is 0. The molecule has 0 aliphatic heterocycles. The fraction of sp³-hybridized carbons (Fsp3) is 0.429. The molecule has 0 aliphatic rings. The minimum atomic E-state index is 0.00463. The second-order valence-electron chi connectivity index (χ2n) is 4.31. The third-order valence-corrected chi connectivity index (χ3v) is 4.06. The minimum absolute atomic E-state index is 0.00463. The number of aryl methyl sites for hydroxylation is 1. The van der Waals surface area contributed by atoms with Gasteiger partial charge >= 0.3 is 0 Å². The molecule has 1 aromatic heterocycles. The third kappa shape index (κ3) is 2.92. The fourth-order valence-corrected chi connectivity index (χ4v) is 2.79. The van der Waals surface area contributed by atoms with Gasteiger partial charge in [0.25, 0.3) is 5.56 Å². The average Bonchev–Trinajstić information content (AvgIpc) is 2.42. The second kappa shape index (κ2) is 6.10. The summed E-state index contributed by atoms with van der Waals surface area (Å²) in [6.07, 6.45) is 1.10. The largest absolute Gasteiger partial charge is 0.497 e. The van der Waals surface area contributed by atoms with Gasteiger partial charge in [-0.3, -0.25) is 9.36 Å². The molecule has 2 rings (SSSR count). The molecule has 0 aliphatic carbocycles. The average molecular weight is 278 g/mol. The van der Waals surface area contributed by atoms with Gasteiger partial charge < -0.3 is 4.74 Å². The molecule has 5 heteroatoms. The first-order valence-electron chi connectivity index (χ1n) is 6.30. The molecule has 0 unspecified atom stereocenters. The molecule has 1 heterocycles. The highest BCUT2D eigenvalue weighted by Gasteiger charge is 2.08. The van der Waals surface area contributed by atoms with Crippen LogP contribution >= 0.6 is 11.8 Å². The van der Waals surface area contributed by atoms with Crippen LogP contribution in [0.25, 0.3) is 10.9 Å². The van der Waals surface area contributed by atoms with Crippen molar-refractivity contribution in [3.05, 3.63) is 34.4 Å². The molecule has 0 saturated carbocycles. The zero-order chi connectivity index (χ0) is 13.8. The van der Waals surface area contributed by atoms with E-state index in [0.717, 1.165) is 23.5 Å². The van der Waals surface area contributed by atoms with E-state index in [2.05, 4.69) is 11.9 Å². The number of aromatic nitrogens is 2. The predicted molar refractivity (Wildman–Crippen MR) is 80.0 cm³/mol. The molecule has 0 N–H and O–H groups in total. The van der Waals surface area contributed by atoms with Gasteiger partial charge in [-0.25, -0.2) is 4.98 Å². The SMILES string of the molecule is CCCSCn1c(C)nc2ccc(OC)cc2c1=O. The Bertz CT molecular complexity index is 637. The van der Waals surface area contributed by atoms with Crippen molar-refractivity contribution in [2.24, 2.45) is 0 Å². The lowest BCUT2D eigenvalue weighted by Gasteiger charge is -2.10. The molecule has 0 radical (unpaired) electrons. The van der Waals surface area contributed by atoms with Crippen molar-refractivity contribution in [3.8, 4) is 5.75 Å². The predicted octanol–water partition coefficient (Wildman–Crippen LogP) is 2.81.